The molecule has 0 spiro atoms. The van der Waals surface area contributed by atoms with E-state index in [1.807, 2.05) is 37.4 Å². The summed E-state index contributed by atoms with van der Waals surface area (Å²) < 4.78 is 7.15. The summed E-state index contributed by atoms with van der Waals surface area (Å²) in [5, 5.41) is 3.16. The fourth-order valence-corrected chi connectivity index (χ4v) is 2.38. The van der Waals surface area contributed by atoms with Gasteiger partial charge < -0.3 is 10.1 Å². The molecule has 19 heavy (non-hydrogen) atoms. The van der Waals surface area contributed by atoms with Gasteiger partial charge in [-0.25, -0.2) is 0 Å². The van der Waals surface area contributed by atoms with Crippen molar-refractivity contribution in [3.05, 3.63) is 64.1 Å². The Morgan fingerprint density at radius 3 is 2.58 bits per heavy atom. The van der Waals surface area contributed by atoms with Crippen LogP contribution in [0.25, 0.3) is 0 Å². The molecule has 0 amide bonds. The van der Waals surface area contributed by atoms with Gasteiger partial charge in [0.15, 0.2) is 0 Å². The highest BCUT2D eigenvalue weighted by Gasteiger charge is 2.10. The molecule has 0 saturated carbocycles. The average Bonchev–Trinajstić information content (AvgIpc) is 2.43. The number of benzene rings is 2. The van der Waals surface area contributed by atoms with Crippen molar-refractivity contribution in [1.82, 2.24) is 5.32 Å². The Kier molecular flexibility index (Phi) is 5.00. The molecule has 0 aliphatic rings. The third-order valence-corrected chi connectivity index (χ3v) is 3.46. The Morgan fingerprint density at radius 1 is 1.16 bits per heavy atom. The summed E-state index contributed by atoms with van der Waals surface area (Å²) in [6.45, 7) is 2.86. The van der Waals surface area contributed by atoms with Gasteiger partial charge in [0.2, 0.25) is 0 Å². The molecule has 1 unspecified atom stereocenters. The molecule has 2 nitrogen and oxygen atoms in total. The zero-order chi connectivity index (χ0) is 13.7. The summed E-state index contributed by atoms with van der Waals surface area (Å²) >= 11 is 3.49. The molecule has 0 heterocycles. The van der Waals surface area contributed by atoms with Crippen LogP contribution in [0.3, 0.4) is 0 Å². The van der Waals surface area contributed by atoms with E-state index >= 15 is 0 Å². The van der Waals surface area contributed by atoms with Crippen molar-refractivity contribution in [3.63, 3.8) is 0 Å². The third-order valence-electron chi connectivity index (χ3n) is 2.96. The fourth-order valence-electron chi connectivity index (χ4n) is 1.97. The normalized spacial score (nSPS) is 12.2. The minimum absolute atomic E-state index is 0.0398. The molecule has 3 heteroatoms. The molecule has 0 aliphatic heterocycles. The van der Waals surface area contributed by atoms with Crippen LogP contribution in [-0.2, 0) is 6.54 Å². The molecule has 0 aliphatic carbocycles. The van der Waals surface area contributed by atoms with Crippen LogP contribution in [-0.4, -0.2) is 7.05 Å². The minimum atomic E-state index is 0.0398. The van der Waals surface area contributed by atoms with Crippen molar-refractivity contribution < 1.29 is 4.74 Å². The maximum Gasteiger partial charge on any atom is 0.124 e. The fraction of sp³-hybridized carbons (Fsp3) is 0.250. The number of hydrogen-bond donors (Lipinski definition) is 1. The predicted molar refractivity (Wildman–Crippen MR) is 82.4 cm³/mol. The Hall–Kier alpha value is -1.32. The van der Waals surface area contributed by atoms with E-state index in [4.69, 9.17) is 4.74 Å². The van der Waals surface area contributed by atoms with Crippen LogP contribution in [0.2, 0.25) is 0 Å². The highest BCUT2D eigenvalue weighted by Crippen LogP contribution is 2.27. The van der Waals surface area contributed by atoms with E-state index in [1.54, 1.807) is 0 Å². The van der Waals surface area contributed by atoms with E-state index in [2.05, 4.69) is 46.4 Å². The van der Waals surface area contributed by atoms with E-state index < -0.39 is 0 Å². The van der Waals surface area contributed by atoms with Gasteiger partial charge in [-0.05, 0) is 37.7 Å². The molecule has 100 valence electrons. The summed E-state index contributed by atoms with van der Waals surface area (Å²) in [5.74, 6) is 0.925. The quantitative estimate of drug-likeness (QED) is 0.886. The lowest BCUT2D eigenvalue weighted by Gasteiger charge is -2.18. The topological polar surface area (TPSA) is 21.3 Å². The first kappa shape index (κ1) is 14.1. The van der Waals surface area contributed by atoms with E-state index in [0.717, 1.165) is 22.3 Å². The van der Waals surface area contributed by atoms with Crippen LogP contribution in [0, 0.1) is 0 Å². The Bertz CT molecular complexity index is 528. The van der Waals surface area contributed by atoms with Gasteiger partial charge in [0.25, 0.3) is 0 Å². The smallest absolute Gasteiger partial charge is 0.124 e. The summed E-state index contributed by atoms with van der Waals surface area (Å²) in [6.07, 6.45) is 0.0398. The number of nitrogens with one attached hydrogen (secondary N) is 1. The first-order valence-corrected chi connectivity index (χ1v) is 7.14. The van der Waals surface area contributed by atoms with Crippen molar-refractivity contribution >= 4 is 15.9 Å². The van der Waals surface area contributed by atoms with Crippen LogP contribution in [0.1, 0.15) is 24.2 Å². The number of ether oxygens (including phenoxy) is 1. The largest absolute Gasteiger partial charge is 0.486 e. The van der Waals surface area contributed by atoms with Crippen LogP contribution in [0.15, 0.2) is 53.0 Å². The highest BCUT2D eigenvalue weighted by molar-refractivity contribution is 9.10. The second kappa shape index (κ2) is 6.73. The van der Waals surface area contributed by atoms with Gasteiger partial charge in [-0.15, -0.1) is 0 Å². The summed E-state index contributed by atoms with van der Waals surface area (Å²) in [5.41, 5.74) is 2.33. The van der Waals surface area contributed by atoms with Gasteiger partial charge in [-0.1, -0.05) is 46.3 Å². The molecule has 1 atom stereocenters. The van der Waals surface area contributed by atoms with Gasteiger partial charge >= 0.3 is 0 Å². The second-order valence-corrected chi connectivity index (χ2v) is 5.37. The van der Waals surface area contributed by atoms with E-state index in [1.165, 1.54) is 5.56 Å². The lowest BCUT2D eigenvalue weighted by Crippen LogP contribution is -2.09. The molecule has 2 aromatic rings. The van der Waals surface area contributed by atoms with Crippen LogP contribution in [0.5, 0.6) is 5.75 Å². The summed E-state index contributed by atoms with van der Waals surface area (Å²) in [7, 11) is 1.94. The van der Waals surface area contributed by atoms with Crippen molar-refractivity contribution in [3.8, 4) is 5.75 Å². The van der Waals surface area contributed by atoms with Crippen LogP contribution < -0.4 is 10.1 Å². The lowest BCUT2D eigenvalue weighted by atomic mass is 10.1. The van der Waals surface area contributed by atoms with E-state index in [0.29, 0.717) is 0 Å². The molecule has 0 radical (unpaired) electrons. The van der Waals surface area contributed by atoms with Crippen molar-refractivity contribution in [1.29, 1.82) is 0 Å². The molecular weight excluding hydrogens is 302 g/mol. The zero-order valence-corrected chi connectivity index (χ0v) is 12.8. The molecule has 1 N–H and O–H groups in total. The van der Waals surface area contributed by atoms with Gasteiger partial charge in [0.1, 0.15) is 11.9 Å². The van der Waals surface area contributed by atoms with Crippen molar-refractivity contribution in [2.45, 2.75) is 19.6 Å². The minimum Gasteiger partial charge on any atom is -0.486 e. The first-order chi connectivity index (χ1) is 9.20. The van der Waals surface area contributed by atoms with Crippen molar-refractivity contribution in [2.75, 3.05) is 7.05 Å². The maximum atomic E-state index is 6.08. The van der Waals surface area contributed by atoms with E-state index in [-0.39, 0.29) is 6.10 Å². The Balaban J connectivity index is 2.18. The lowest BCUT2D eigenvalue weighted by molar-refractivity contribution is 0.224. The molecule has 2 rings (SSSR count). The highest BCUT2D eigenvalue weighted by atomic mass is 79.9. The molecule has 2 aromatic carbocycles. The first-order valence-electron chi connectivity index (χ1n) is 6.35. The predicted octanol–water partition coefficient (Wildman–Crippen LogP) is 4.31. The molecule has 0 aromatic heterocycles. The SMILES string of the molecule is CNCc1cc(Br)ccc1OC(C)c1ccccc1. The third kappa shape index (κ3) is 3.82. The Labute approximate surface area is 122 Å². The second-order valence-electron chi connectivity index (χ2n) is 4.45. The van der Waals surface area contributed by atoms with Gasteiger partial charge in [0, 0.05) is 16.6 Å². The number of hydrogen-bond acceptors (Lipinski definition) is 2. The number of rotatable bonds is 5. The zero-order valence-electron chi connectivity index (χ0n) is 11.2. The number of halogens is 1. The molecule has 0 saturated heterocycles. The van der Waals surface area contributed by atoms with E-state index in [9.17, 15) is 0 Å². The van der Waals surface area contributed by atoms with Gasteiger partial charge in [0.05, 0.1) is 0 Å². The van der Waals surface area contributed by atoms with Crippen LogP contribution in [0.4, 0.5) is 0 Å². The maximum absolute atomic E-state index is 6.08. The van der Waals surface area contributed by atoms with Gasteiger partial charge in [-0.2, -0.15) is 0 Å². The Morgan fingerprint density at radius 2 is 1.89 bits per heavy atom. The molecule has 0 bridgehead atoms. The molecular formula is C16H18BrNO. The average molecular weight is 320 g/mol. The molecule has 0 fully saturated rings. The van der Waals surface area contributed by atoms with Gasteiger partial charge in [-0.3, -0.25) is 0 Å². The van der Waals surface area contributed by atoms with Crippen molar-refractivity contribution in [2.24, 2.45) is 0 Å². The summed E-state index contributed by atoms with van der Waals surface area (Å²) in [6, 6.07) is 16.4. The summed E-state index contributed by atoms with van der Waals surface area (Å²) in [4.78, 5) is 0. The van der Waals surface area contributed by atoms with Crippen LogP contribution >= 0.6 is 15.9 Å². The standard InChI is InChI=1S/C16H18BrNO/c1-12(13-6-4-3-5-7-13)19-16-9-8-15(17)10-14(16)11-18-2/h3-10,12,18H,11H2,1-2H3. The monoisotopic (exact) mass is 319 g/mol.